The summed E-state index contributed by atoms with van der Waals surface area (Å²) >= 11 is 0. The number of phenols is 1. The molecular weight excluding hydrogens is 969 g/mol. The number of para-hydroxylation sites is 1. The molecule has 1 saturated heterocycles. The van der Waals surface area contributed by atoms with Crippen LogP contribution in [-0.4, -0.2) is 152 Å². The van der Waals surface area contributed by atoms with E-state index in [1.165, 1.54) is 29.6 Å². The van der Waals surface area contributed by atoms with Crippen molar-refractivity contribution in [2.45, 2.75) is 121 Å². The van der Waals surface area contributed by atoms with Crippen molar-refractivity contribution in [2.75, 3.05) is 26.7 Å². The van der Waals surface area contributed by atoms with Crippen molar-refractivity contribution in [3.05, 3.63) is 84.1 Å². The van der Waals surface area contributed by atoms with Gasteiger partial charge in [0.25, 0.3) is 0 Å². The van der Waals surface area contributed by atoms with Gasteiger partial charge in [-0.3, -0.25) is 38.6 Å². The fourth-order valence-corrected chi connectivity index (χ4v) is 8.83. The number of carbonyl (C=O) groups is 8. The van der Waals surface area contributed by atoms with Gasteiger partial charge in [0.15, 0.2) is 5.96 Å². The summed E-state index contributed by atoms with van der Waals surface area (Å²) in [5.74, 6) is -7.21. The third-order valence-electron chi connectivity index (χ3n) is 13.1. The molecule has 0 bridgehead atoms. The van der Waals surface area contributed by atoms with Crippen LogP contribution in [-0.2, 0) is 57.6 Å². The summed E-state index contributed by atoms with van der Waals surface area (Å²) in [7, 11) is 1.57. The molecule has 0 radical (unpaired) electrons. The largest absolute Gasteiger partial charge is 0.508 e. The number of hydrogen-bond donors (Lipinski definition) is 13. The molecule has 8 atom stereocenters. The molecule has 24 nitrogen and oxygen atoms in total. The number of carboxylic acid groups (broad SMARTS) is 1. The van der Waals surface area contributed by atoms with Crippen LogP contribution in [0.2, 0.25) is 0 Å². The van der Waals surface area contributed by atoms with Crippen molar-refractivity contribution in [3.63, 3.8) is 0 Å². The van der Waals surface area contributed by atoms with Gasteiger partial charge in [-0.2, -0.15) is 0 Å². The number of imidazole rings is 1. The van der Waals surface area contributed by atoms with E-state index in [4.69, 9.17) is 11.5 Å². The first-order chi connectivity index (χ1) is 35.8. The topological polar surface area (TPSA) is 373 Å². The first-order valence-electron chi connectivity index (χ1n) is 25.1. The van der Waals surface area contributed by atoms with Crippen LogP contribution < -0.4 is 48.7 Å². The number of nitrogens with zero attached hydrogens (tertiary/aromatic N) is 3. The molecule has 0 aliphatic carbocycles. The number of nitrogens with two attached hydrogens (primary N) is 2. The van der Waals surface area contributed by atoms with E-state index in [0.29, 0.717) is 36.1 Å². The molecular formula is C51H72N14O10. The number of aromatic amines is 2. The number of rotatable bonds is 28. The number of H-pyrrole nitrogens is 2. The van der Waals surface area contributed by atoms with Crippen LogP contribution in [0, 0.1) is 11.8 Å². The molecule has 1 fully saturated rings. The molecule has 5 rings (SSSR count). The van der Waals surface area contributed by atoms with E-state index in [9.17, 15) is 48.6 Å². The van der Waals surface area contributed by atoms with Crippen LogP contribution >= 0.6 is 0 Å². The summed E-state index contributed by atoms with van der Waals surface area (Å²) in [4.78, 5) is 126. The number of hydrogen-bond acceptors (Lipinski definition) is 12. The number of guanidine groups is 1. The van der Waals surface area contributed by atoms with Crippen LogP contribution in [0.25, 0.3) is 10.9 Å². The van der Waals surface area contributed by atoms with Gasteiger partial charge < -0.3 is 73.8 Å². The van der Waals surface area contributed by atoms with Gasteiger partial charge in [0.05, 0.1) is 12.9 Å². The lowest BCUT2D eigenvalue weighted by molar-refractivity contribution is -0.145. The zero-order valence-corrected chi connectivity index (χ0v) is 43.0. The summed E-state index contributed by atoms with van der Waals surface area (Å²) in [5, 5.41) is 40.2. The number of benzene rings is 2. The average Bonchev–Trinajstić information content (AvgIpc) is 4.18. The number of fused-ring (bicyclic) bond motifs is 1. The van der Waals surface area contributed by atoms with Gasteiger partial charge in [-0.25, -0.2) is 9.78 Å². The molecule has 406 valence electrons. The maximum absolute atomic E-state index is 14.7. The Morgan fingerprint density at radius 2 is 1.48 bits per heavy atom. The monoisotopic (exact) mass is 1040 g/mol. The minimum absolute atomic E-state index is 0.0241. The number of aliphatic imine (C=N–C) groups is 1. The summed E-state index contributed by atoms with van der Waals surface area (Å²) in [6, 6.07) is 4.71. The van der Waals surface area contributed by atoms with Crippen LogP contribution in [0.5, 0.6) is 5.75 Å². The average molecular weight is 1040 g/mol. The van der Waals surface area contributed by atoms with Gasteiger partial charge in [-0.1, -0.05) is 64.4 Å². The first-order valence-corrected chi connectivity index (χ1v) is 25.1. The number of aromatic nitrogens is 3. The predicted molar refractivity (Wildman–Crippen MR) is 278 cm³/mol. The third-order valence-corrected chi connectivity index (χ3v) is 13.1. The van der Waals surface area contributed by atoms with E-state index < -0.39 is 101 Å². The van der Waals surface area contributed by atoms with Crippen LogP contribution in [0.4, 0.5) is 0 Å². The van der Waals surface area contributed by atoms with Gasteiger partial charge in [0.2, 0.25) is 41.4 Å². The van der Waals surface area contributed by atoms with E-state index in [0.717, 1.165) is 10.9 Å². The fraction of sp³-hybridized carbons (Fsp3) is 0.490. The smallest absolute Gasteiger partial charge is 0.326 e. The molecule has 15 N–H and O–H groups in total. The quantitative estimate of drug-likeness (QED) is 0.0195. The summed E-state index contributed by atoms with van der Waals surface area (Å²) in [6.07, 6.45) is 5.81. The van der Waals surface area contributed by atoms with Gasteiger partial charge in [-0.05, 0) is 73.9 Å². The highest BCUT2D eigenvalue weighted by molar-refractivity contribution is 5.98. The van der Waals surface area contributed by atoms with Crippen LogP contribution in [0.3, 0.4) is 0 Å². The lowest BCUT2D eigenvalue weighted by atomic mass is 9.96. The Morgan fingerprint density at radius 3 is 2.13 bits per heavy atom. The molecule has 24 heteroatoms. The standard InChI is InChI=1S/C51H72N14O10/c1-6-29(4)43(64-45(69)37(21-30-15-17-33(66)18-16-30)60-47(71)42(28(2)3)63-44(68)36(59-41(67)26-54-5)13-9-19-56-51(52)53)48(72)61-38(23-32-25-55-27-58-32)49(73)65-20-10-14-40(65)46(70)62-39(50(74)75)22-31-24-57-35-12-8-7-11-34(31)35/h7-8,11-12,15-18,24-25,27-29,36-40,42-43,54,57,66H,6,9-10,13-14,19-23,26H2,1-5H3,(H,55,58)(H,59,67)(H,60,71)(H,61,72)(H,62,70)(H,63,68)(H,64,69)(H,74,75)(H4,52,53,56)/t29-,36+,37-,38-,39-,40+,42-,43-/m0/s1. The van der Waals surface area contributed by atoms with Crippen molar-refractivity contribution >= 4 is 64.2 Å². The second kappa shape index (κ2) is 27.9. The molecule has 1 aliphatic heterocycles. The number of likely N-dealkylation sites (N-methyl/N-ethyl adjacent to an activating group) is 1. The number of aromatic hydroxyl groups is 1. The number of carboxylic acids is 1. The van der Waals surface area contributed by atoms with Crippen LogP contribution in [0.1, 0.15) is 76.6 Å². The molecule has 0 saturated carbocycles. The number of aliphatic carboxylic acids is 1. The minimum atomic E-state index is -1.36. The van der Waals surface area contributed by atoms with Crippen LogP contribution in [0.15, 0.2) is 72.2 Å². The molecule has 75 heavy (non-hydrogen) atoms. The summed E-state index contributed by atoms with van der Waals surface area (Å²) < 4.78 is 0. The van der Waals surface area contributed by atoms with Gasteiger partial charge in [0.1, 0.15) is 48.0 Å². The molecule has 4 aromatic rings. The Morgan fingerprint density at radius 1 is 0.800 bits per heavy atom. The Hall–Kier alpha value is -8.02. The lowest BCUT2D eigenvalue weighted by Crippen LogP contribution is -2.62. The number of nitrogens with one attached hydrogen (secondary N) is 9. The minimum Gasteiger partial charge on any atom is -0.508 e. The van der Waals surface area contributed by atoms with Crippen molar-refractivity contribution < 1.29 is 48.6 Å². The maximum Gasteiger partial charge on any atom is 0.326 e. The second-order valence-electron chi connectivity index (χ2n) is 19.1. The molecule has 2 aromatic heterocycles. The SMILES string of the molecule is CC[C@H](C)[C@H](NC(=O)[C@H](Cc1ccc(O)cc1)NC(=O)[C@@H](NC(=O)[C@@H](CCCN=C(N)N)NC(=O)CNC)C(C)C)C(=O)N[C@@H](Cc1cnc[nH]1)C(=O)N1CCC[C@@H]1C(=O)N[C@@H](Cc1c[nH]c2ccccc12)C(=O)O. The maximum atomic E-state index is 14.7. The highest BCUT2D eigenvalue weighted by Crippen LogP contribution is 2.23. The van der Waals surface area contributed by atoms with E-state index in [-0.39, 0.29) is 63.4 Å². The predicted octanol–water partition coefficient (Wildman–Crippen LogP) is -0.416. The lowest BCUT2D eigenvalue weighted by Gasteiger charge is -2.32. The zero-order chi connectivity index (χ0) is 54.8. The molecule has 7 amide bonds. The molecule has 3 heterocycles. The normalized spacial score (nSPS) is 16.1. The Balaban J connectivity index is 1.36. The van der Waals surface area contributed by atoms with E-state index >= 15 is 0 Å². The highest BCUT2D eigenvalue weighted by atomic mass is 16.4. The van der Waals surface area contributed by atoms with Crippen molar-refractivity contribution in [1.82, 2.24) is 57.1 Å². The number of phenolic OH excluding ortho intramolecular Hbond substituents is 1. The van der Waals surface area contributed by atoms with E-state index in [2.05, 4.69) is 57.2 Å². The second-order valence-corrected chi connectivity index (χ2v) is 19.1. The number of carbonyl (C=O) groups excluding carboxylic acids is 7. The highest BCUT2D eigenvalue weighted by Gasteiger charge is 2.41. The van der Waals surface area contributed by atoms with Crippen molar-refractivity contribution in [1.29, 1.82) is 0 Å². The van der Waals surface area contributed by atoms with Crippen molar-refractivity contribution in [2.24, 2.45) is 28.3 Å². The molecule has 0 unspecified atom stereocenters. The molecule has 0 spiro atoms. The number of amides is 7. The van der Waals surface area contributed by atoms with Crippen molar-refractivity contribution in [3.8, 4) is 5.75 Å². The zero-order valence-electron chi connectivity index (χ0n) is 43.0. The van der Waals surface area contributed by atoms with E-state index in [1.54, 1.807) is 46.1 Å². The third kappa shape index (κ3) is 16.8. The Labute approximate surface area is 434 Å². The number of likely N-dealkylation sites (tertiary alicyclic amines) is 1. The van der Waals surface area contributed by atoms with Gasteiger partial charge >= 0.3 is 5.97 Å². The fourth-order valence-electron chi connectivity index (χ4n) is 8.83. The first kappa shape index (κ1) is 57.9. The van der Waals surface area contributed by atoms with E-state index in [1.807, 2.05) is 31.2 Å². The molecule has 2 aromatic carbocycles. The van der Waals surface area contributed by atoms with Gasteiger partial charge in [-0.15, -0.1) is 0 Å². The molecule has 1 aliphatic rings. The Kier molecular flexibility index (Phi) is 21.5. The summed E-state index contributed by atoms with van der Waals surface area (Å²) in [6.45, 7) is 7.14. The summed E-state index contributed by atoms with van der Waals surface area (Å²) in [5.41, 5.74) is 13.4. The van der Waals surface area contributed by atoms with Gasteiger partial charge in [0, 0.05) is 61.3 Å². The Bertz CT molecular complexity index is 2620.